The Bertz CT molecular complexity index is 1550. The zero-order valence-electron chi connectivity index (χ0n) is 21.6. The summed E-state index contributed by atoms with van der Waals surface area (Å²) in [6, 6.07) is 5.69. The Balaban J connectivity index is 1.58. The van der Waals surface area contributed by atoms with E-state index < -0.39 is 100 Å². The van der Waals surface area contributed by atoms with Crippen molar-refractivity contribution in [3.8, 4) is 34.3 Å². The number of Topliss-reactive ketones (excluding diaryl/α,β-unsaturated/α-hetero) is 1. The highest BCUT2D eigenvalue weighted by atomic mass is 16.7. The second kappa shape index (κ2) is 10.6. The summed E-state index contributed by atoms with van der Waals surface area (Å²) >= 11 is 0. The van der Waals surface area contributed by atoms with Crippen LogP contribution in [0.2, 0.25) is 0 Å². The number of aromatic hydroxyl groups is 4. The third-order valence-electron chi connectivity index (χ3n) is 7.31. The molecule has 0 radical (unpaired) electrons. The van der Waals surface area contributed by atoms with E-state index in [9.17, 15) is 50.4 Å². The van der Waals surface area contributed by atoms with E-state index in [2.05, 4.69) is 0 Å². The van der Waals surface area contributed by atoms with E-state index in [0.717, 1.165) is 18.2 Å². The van der Waals surface area contributed by atoms with Gasteiger partial charge in [0.25, 0.3) is 0 Å². The van der Waals surface area contributed by atoms with Crippen molar-refractivity contribution in [2.45, 2.75) is 69.0 Å². The van der Waals surface area contributed by atoms with Gasteiger partial charge in [-0.05, 0) is 32.0 Å². The van der Waals surface area contributed by atoms with Gasteiger partial charge >= 0.3 is 0 Å². The summed E-state index contributed by atoms with van der Waals surface area (Å²) in [5.41, 5.74) is -1.28. The maximum absolute atomic E-state index is 13.1. The average Bonchev–Trinajstić information content (AvgIpc) is 2.92. The zero-order chi connectivity index (χ0) is 29.9. The van der Waals surface area contributed by atoms with Gasteiger partial charge in [-0.1, -0.05) is 0 Å². The van der Waals surface area contributed by atoms with Gasteiger partial charge in [0.1, 0.15) is 71.0 Å². The second-order valence-electron chi connectivity index (χ2n) is 10.0. The van der Waals surface area contributed by atoms with Gasteiger partial charge in [-0.15, -0.1) is 0 Å². The van der Waals surface area contributed by atoms with Crippen molar-refractivity contribution >= 4 is 16.8 Å². The van der Waals surface area contributed by atoms with Crippen LogP contribution in [0.5, 0.6) is 23.0 Å². The maximum atomic E-state index is 13.1. The van der Waals surface area contributed by atoms with Crippen LogP contribution in [-0.4, -0.2) is 95.7 Å². The van der Waals surface area contributed by atoms with Crippen molar-refractivity contribution in [1.29, 1.82) is 0 Å². The van der Waals surface area contributed by atoms with Crippen molar-refractivity contribution in [2.24, 2.45) is 0 Å². The van der Waals surface area contributed by atoms with Gasteiger partial charge in [-0.25, -0.2) is 0 Å². The first kappa shape index (κ1) is 28.8. The second-order valence-corrected chi connectivity index (χ2v) is 10.0. The zero-order valence-corrected chi connectivity index (χ0v) is 21.6. The highest BCUT2D eigenvalue weighted by Gasteiger charge is 2.50. The molecular weight excluding hydrogens is 548 g/mol. The number of aliphatic hydroxyl groups excluding tert-OH is 4. The fourth-order valence-electron chi connectivity index (χ4n) is 5.00. The number of rotatable bonds is 4. The molecule has 2 aromatic carbocycles. The summed E-state index contributed by atoms with van der Waals surface area (Å²) in [5.74, 6) is -3.25. The molecule has 0 amide bonds. The van der Waals surface area contributed by atoms with Crippen molar-refractivity contribution in [3.63, 3.8) is 0 Å². The minimum atomic E-state index is -1.92. The van der Waals surface area contributed by atoms with Gasteiger partial charge < -0.3 is 59.5 Å². The summed E-state index contributed by atoms with van der Waals surface area (Å²) in [6.45, 7) is 2.70. The third-order valence-corrected chi connectivity index (χ3v) is 7.31. The molecule has 220 valence electrons. The van der Waals surface area contributed by atoms with Crippen LogP contribution in [0.15, 0.2) is 39.5 Å². The van der Waals surface area contributed by atoms with Crippen LogP contribution in [0.25, 0.3) is 22.3 Å². The predicted molar refractivity (Wildman–Crippen MR) is 136 cm³/mol. The molecule has 2 saturated heterocycles. The van der Waals surface area contributed by atoms with Gasteiger partial charge in [-0.3, -0.25) is 9.59 Å². The number of hydrogen-bond donors (Lipinski definition) is 8. The lowest BCUT2D eigenvalue weighted by molar-refractivity contribution is -0.323. The summed E-state index contributed by atoms with van der Waals surface area (Å²) in [7, 11) is 0. The van der Waals surface area contributed by atoms with E-state index in [1.807, 2.05) is 0 Å². The molecular formula is C27H28O14. The highest BCUT2D eigenvalue weighted by Crippen LogP contribution is 2.45. The number of carbonyl (C=O) groups excluding carboxylic acids is 1. The Morgan fingerprint density at radius 2 is 1.51 bits per heavy atom. The maximum Gasteiger partial charge on any atom is 0.197 e. The molecule has 0 saturated carbocycles. The quantitative estimate of drug-likeness (QED) is 0.189. The fraction of sp³-hybridized carbons (Fsp3) is 0.407. The van der Waals surface area contributed by atoms with Gasteiger partial charge in [0, 0.05) is 17.7 Å². The molecule has 9 atom stereocenters. The summed E-state index contributed by atoms with van der Waals surface area (Å²) in [5, 5.41) is 82.5. The Morgan fingerprint density at radius 3 is 2.20 bits per heavy atom. The molecule has 1 aromatic heterocycles. The summed E-state index contributed by atoms with van der Waals surface area (Å²) < 4.78 is 22.5. The number of ether oxygens (including phenoxy) is 3. The van der Waals surface area contributed by atoms with Crippen LogP contribution in [0.4, 0.5) is 0 Å². The van der Waals surface area contributed by atoms with Crippen LogP contribution in [-0.2, 0) is 19.0 Å². The number of ketones is 1. The Labute approximate surface area is 230 Å². The molecule has 0 unspecified atom stereocenters. The molecule has 2 aliphatic heterocycles. The molecule has 8 N–H and O–H groups in total. The highest BCUT2D eigenvalue weighted by molar-refractivity contribution is 5.90. The molecule has 0 bridgehead atoms. The number of fused-ring (bicyclic) bond motifs is 1. The van der Waals surface area contributed by atoms with E-state index >= 15 is 0 Å². The van der Waals surface area contributed by atoms with Crippen molar-refractivity contribution < 1.29 is 64.3 Å². The van der Waals surface area contributed by atoms with Crippen LogP contribution >= 0.6 is 0 Å². The lowest BCUT2D eigenvalue weighted by Crippen LogP contribution is -2.60. The third kappa shape index (κ3) is 4.89. The van der Waals surface area contributed by atoms with Gasteiger partial charge in [0.15, 0.2) is 29.0 Å². The Morgan fingerprint density at radius 1 is 0.805 bits per heavy atom. The molecule has 0 spiro atoms. The number of phenols is 4. The predicted octanol–water partition coefficient (Wildman–Crippen LogP) is -0.115. The SMILES string of the molecule is C[C@@H]1O[C@H](c2c(O)cc3oc(-c4ccc(O)c(O)c4)cc(=O)c3c2O)[C@@H](O[C@@H]2O[C@@H](C)[C@H](O)[C@H](O)[C@@H]2O)[C@@H](O)C1=O. The van der Waals surface area contributed by atoms with Crippen molar-refractivity contribution in [1.82, 2.24) is 0 Å². The van der Waals surface area contributed by atoms with E-state index in [-0.39, 0.29) is 16.9 Å². The number of phenolic OH excluding ortho intramolecular Hbond substituents is 4. The van der Waals surface area contributed by atoms with Crippen LogP contribution < -0.4 is 5.43 Å². The lowest BCUT2D eigenvalue weighted by Gasteiger charge is -2.44. The first-order chi connectivity index (χ1) is 19.3. The Kier molecular flexibility index (Phi) is 7.42. The Hall–Kier alpha value is -3.76. The first-order valence-corrected chi connectivity index (χ1v) is 12.6. The topological polar surface area (TPSA) is 237 Å². The van der Waals surface area contributed by atoms with E-state index in [1.54, 1.807) is 0 Å². The standard InChI is InChI=1S/C27H28O14/c1-8-20(33)23(36)26(41-27-24(37)22(35)19(32)9(2)39-27)25(38-8)18-14(31)7-16-17(21(18)34)13(30)6-15(40-16)10-3-4-11(28)12(29)5-10/h3-9,19,22-29,31-32,34-37H,1-2H3/t8-,9-,19-,22-,23-,24-,25+,26-,27-/m0/s1. The van der Waals surface area contributed by atoms with Gasteiger partial charge in [0.05, 0.1) is 11.7 Å². The molecule has 2 aliphatic rings. The number of benzene rings is 2. The fourth-order valence-corrected chi connectivity index (χ4v) is 5.00. The summed E-state index contributed by atoms with van der Waals surface area (Å²) in [6.07, 6.45) is -14.2. The molecule has 3 heterocycles. The van der Waals surface area contributed by atoms with Crippen molar-refractivity contribution in [2.75, 3.05) is 0 Å². The molecule has 5 rings (SSSR count). The van der Waals surface area contributed by atoms with Crippen LogP contribution in [0.3, 0.4) is 0 Å². The first-order valence-electron chi connectivity index (χ1n) is 12.6. The smallest absolute Gasteiger partial charge is 0.197 e. The minimum absolute atomic E-state index is 0.0626. The normalized spacial score (nSPS) is 32.3. The number of hydrogen-bond acceptors (Lipinski definition) is 14. The molecule has 3 aromatic rings. The molecule has 0 aliphatic carbocycles. The van der Waals surface area contributed by atoms with E-state index in [1.165, 1.54) is 26.0 Å². The minimum Gasteiger partial charge on any atom is -0.507 e. The number of aliphatic hydroxyl groups is 4. The molecule has 14 nitrogen and oxygen atoms in total. The molecule has 41 heavy (non-hydrogen) atoms. The monoisotopic (exact) mass is 576 g/mol. The van der Waals surface area contributed by atoms with E-state index in [0.29, 0.717) is 0 Å². The molecule has 14 heteroatoms. The lowest BCUT2D eigenvalue weighted by atomic mass is 9.90. The van der Waals surface area contributed by atoms with E-state index in [4.69, 9.17) is 18.6 Å². The molecule has 2 fully saturated rings. The van der Waals surface area contributed by atoms with Crippen LogP contribution in [0.1, 0.15) is 25.5 Å². The van der Waals surface area contributed by atoms with Gasteiger partial charge in [-0.2, -0.15) is 0 Å². The average molecular weight is 577 g/mol. The number of carbonyl (C=O) groups is 1. The van der Waals surface area contributed by atoms with Crippen LogP contribution in [0, 0.1) is 0 Å². The van der Waals surface area contributed by atoms with Crippen molar-refractivity contribution in [3.05, 3.63) is 46.1 Å². The van der Waals surface area contributed by atoms with Gasteiger partial charge in [0.2, 0.25) is 0 Å². The summed E-state index contributed by atoms with van der Waals surface area (Å²) in [4.78, 5) is 25.7. The largest absolute Gasteiger partial charge is 0.507 e.